The van der Waals surface area contributed by atoms with E-state index in [0.29, 0.717) is 19.5 Å². The normalized spacial score (nSPS) is 20.5. The summed E-state index contributed by atoms with van der Waals surface area (Å²) in [4.78, 5) is 58.0. The van der Waals surface area contributed by atoms with Gasteiger partial charge in [0.05, 0.1) is 51.1 Å². The lowest BCUT2D eigenvalue weighted by molar-refractivity contribution is -0.163. The van der Waals surface area contributed by atoms with Gasteiger partial charge in [-0.15, -0.1) is 0 Å². The van der Waals surface area contributed by atoms with Crippen LogP contribution in [-0.4, -0.2) is 129 Å². The van der Waals surface area contributed by atoms with Crippen molar-refractivity contribution in [1.29, 1.82) is 0 Å². The fourth-order valence-corrected chi connectivity index (χ4v) is 13.1. The predicted octanol–water partition coefficient (Wildman–Crippen LogP) is 13.1. The molecule has 2 aliphatic heterocycles. The van der Waals surface area contributed by atoms with Crippen molar-refractivity contribution in [3.63, 3.8) is 0 Å². The number of amides is 3. The molecule has 2 fully saturated rings. The van der Waals surface area contributed by atoms with Gasteiger partial charge in [-0.2, -0.15) is 0 Å². The highest BCUT2D eigenvalue weighted by molar-refractivity contribution is 7.83. The molecule has 10 nitrogen and oxygen atoms in total. The summed E-state index contributed by atoms with van der Waals surface area (Å²) in [5, 5.41) is 2.96. The predicted molar refractivity (Wildman–Crippen MR) is 276 cm³/mol. The minimum absolute atomic E-state index is 0.0167. The molecule has 0 saturated carbocycles. The standard InChI is InChI=1S/C55H94F4N3O7P/c1-5-7-9-11-13-15-17-19-21-23-25-27-29-31-49(63)61-34-35-62(54(66)48(70(4)40-41-70)30-28-26-24-22-20-18-16-14-12-10-8-6-2)44-45(43-61)53(65)60-33-37-68-39-38-67-36-32-50(64)69-55(3)51(58)46(56)42-47(57)52(55)59/h42,45,48,51H,5-41,43-44H2,1-4H3/p+1. The number of carbonyl (C=O) groups excluding carboxylic acids is 4. The fraction of sp³-hybridized carbons (Fsp3) is 0.855. The Morgan fingerprint density at radius 1 is 0.671 bits per heavy atom. The molecule has 404 valence electrons. The molecule has 4 atom stereocenters. The van der Waals surface area contributed by atoms with E-state index >= 15 is 0 Å². The maximum atomic E-state index is 14.5. The molecule has 2 heterocycles. The van der Waals surface area contributed by atoms with Gasteiger partial charge in [0.2, 0.25) is 17.4 Å². The fourth-order valence-electron chi connectivity index (χ4n) is 9.74. The summed E-state index contributed by atoms with van der Waals surface area (Å²) < 4.78 is 71.8. The van der Waals surface area contributed by atoms with Crippen molar-refractivity contribution in [3.8, 4) is 0 Å². The molecule has 3 aliphatic rings. The first-order chi connectivity index (χ1) is 33.8. The van der Waals surface area contributed by atoms with Crippen LogP contribution in [0.15, 0.2) is 23.6 Å². The molecule has 4 unspecified atom stereocenters. The van der Waals surface area contributed by atoms with E-state index in [1.165, 1.54) is 128 Å². The molecule has 0 aromatic carbocycles. The smallest absolute Gasteiger partial charge is 0.309 e. The second kappa shape index (κ2) is 35.6. The molecule has 3 amide bonds. The Bertz CT molecular complexity index is 1580. The van der Waals surface area contributed by atoms with E-state index in [4.69, 9.17) is 14.2 Å². The molecule has 3 rings (SSSR count). The molecule has 0 bridgehead atoms. The van der Waals surface area contributed by atoms with E-state index in [1.54, 1.807) is 0 Å². The van der Waals surface area contributed by atoms with Gasteiger partial charge in [-0.3, -0.25) is 19.2 Å². The topological polar surface area (TPSA) is 114 Å². The summed E-state index contributed by atoms with van der Waals surface area (Å²) >= 11 is 0. The van der Waals surface area contributed by atoms with Gasteiger partial charge in [-0.25, -0.2) is 17.6 Å². The SMILES string of the molecule is CCCCCCCCCCCCCCCC(=O)N1CCN(C(=O)C(CCCCCCCCCCCCCC)[P+]2(C)CC2)CC(C(=O)NCCOCCOCCC(=O)OC2(C)C(F)=C(F)C=C(F)C2F)C1. The Hall–Kier alpha value is -2.57. The van der Waals surface area contributed by atoms with Crippen LogP contribution in [0, 0.1) is 5.92 Å². The summed E-state index contributed by atoms with van der Waals surface area (Å²) in [5.74, 6) is -6.63. The lowest BCUT2D eigenvalue weighted by Crippen LogP contribution is -2.46. The molecule has 0 radical (unpaired) electrons. The van der Waals surface area contributed by atoms with Crippen LogP contribution in [0.4, 0.5) is 17.6 Å². The van der Waals surface area contributed by atoms with Crippen LogP contribution in [0.3, 0.4) is 0 Å². The van der Waals surface area contributed by atoms with Gasteiger partial charge in [0.15, 0.2) is 17.8 Å². The number of allylic oxidation sites excluding steroid dienone is 2. The number of nitrogens with zero attached hydrogens (tertiary/aromatic N) is 2. The van der Waals surface area contributed by atoms with Crippen LogP contribution in [0.1, 0.15) is 201 Å². The number of alkyl halides is 1. The largest absolute Gasteiger partial charge is 0.448 e. The number of unbranched alkanes of at least 4 members (excludes halogenated alkanes) is 23. The highest BCUT2D eigenvalue weighted by atomic mass is 31.2. The average Bonchev–Trinajstić information content (AvgIpc) is 4.13. The zero-order valence-corrected chi connectivity index (χ0v) is 45.0. The molecule has 15 heteroatoms. The number of hydrogen-bond donors (Lipinski definition) is 1. The Morgan fingerprint density at radius 3 is 1.67 bits per heavy atom. The van der Waals surface area contributed by atoms with E-state index in [0.717, 1.165) is 57.8 Å². The number of hydrogen-bond acceptors (Lipinski definition) is 7. The van der Waals surface area contributed by atoms with Crippen molar-refractivity contribution in [1.82, 2.24) is 15.1 Å². The molecule has 2 saturated heterocycles. The van der Waals surface area contributed by atoms with Crippen molar-refractivity contribution in [2.24, 2.45) is 5.92 Å². The molecular weight excluding hydrogens is 922 g/mol. The molecule has 70 heavy (non-hydrogen) atoms. The van der Waals surface area contributed by atoms with Crippen LogP contribution in [0.2, 0.25) is 0 Å². The zero-order valence-electron chi connectivity index (χ0n) is 44.1. The maximum Gasteiger partial charge on any atom is 0.309 e. The second-order valence-electron chi connectivity index (χ2n) is 20.8. The Balaban J connectivity index is 1.45. The first-order valence-electron chi connectivity index (χ1n) is 27.9. The zero-order chi connectivity index (χ0) is 51.0. The third-order valence-corrected chi connectivity index (χ3v) is 18.5. The van der Waals surface area contributed by atoms with Gasteiger partial charge in [0.1, 0.15) is 11.5 Å². The summed E-state index contributed by atoms with van der Waals surface area (Å²) in [6.45, 7) is 9.33. The van der Waals surface area contributed by atoms with Crippen LogP contribution in [0.25, 0.3) is 0 Å². The summed E-state index contributed by atoms with van der Waals surface area (Å²) in [5.41, 5.74) is -2.73. The molecule has 1 N–H and O–H groups in total. The van der Waals surface area contributed by atoms with Crippen molar-refractivity contribution in [2.45, 2.75) is 218 Å². The number of rotatable bonds is 40. The molecule has 0 aromatic rings. The van der Waals surface area contributed by atoms with Crippen molar-refractivity contribution >= 4 is 31.0 Å². The molecule has 1 aliphatic carbocycles. The van der Waals surface area contributed by atoms with Crippen LogP contribution in [0.5, 0.6) is 0 Å². The van der Waals surface area contributed by atoms with Gasteiger partial charge >= 0.3 is 5.97 Å². The Labute approximate surface area is 421 Å². The lowest BCUT2D eigenvalue weighted by atomic mass is 9.92. The quantitative estimate of drug-likeness (QED) is 0.0281. The Kier molecular flexibility index (Phi) is 31.4. The molecule has 0 spiro atoms. The van der Waals surface area contributed by atoms with Crippen molar-refractivity contribution in [2.75, 3.05) is 78.1 Å². The number of nitrogens with one attached hydrogen (secondary N) is 1. The van der Waals surface area contributed by atoms with E-state index in [9.17, 15) is 36.7 Å². The monoisotopic (exact) mass is 1020 g/mol. The van der Waals surface area contributed by atoms with Gasteiger partial charge in [-0.1, -0.05) is 162 Å². The summed E-state index contributed by atoms with van der Waals surface area (Å²) in [6, 6.07) is 0. The average molecular weight is 1020 g/mol. The van der Waals surface area contributed by atoms with Gasteiger partial charge in [0.25, 0.3) is 5.91 Å². The molecular formula is C55H95F4N3O7P+. The highest BCUT2D eigenvalue weighted by Crippen LogP contribution is 2.73. The van der Waals surface area contributed by atoms with Crippen molar-refractivity contribution in [3.05, 3.63) is 23.6 Å². The first-order valence-corrected chi connectivity index (χ1v) is 30.6. The lowest BCUT2D eigenvalue weighted by Gasteiger charge is -2.32. The van der Waals surface area contributed by atoms with Crippen LogP contribution < -0.4 is 5.32 Å². The third kappa shape index (κ3) is 23.5. The van der Waals surface area contributed by atoms with Crippen LogP contribution >= 0.6 is 7.26 Å². The molecule has 0 aromatic heterocycles. The van der Waals surface area contributed by atoms with E-state index in [2.05, 4.69) is 25.8 Å². The van der Waals surface area contributed by atoms with Gasteiger partial charge in [0, 0.05) is 59.1 Å². The third-order valence-electron chi connectivity index (χ3n) is 14.7. The Morgan fingerprint density at radius 2 is 1.14 bits per heavy atom. The first kappa shape index (κ1) is 61.7. The van der Waals surface area contributed by atoms with Gasteiger partial charge < -0.3 is 29.3 Å². The summed E-state index contributed by atoms with van der Waals surface area (Å²) in [6.07, 6.45) is 31.9. The van der Waals surface area contributed by atoms with E-state index < -0.39 is 54.8 Å². The minimum Gasteiger partial charge on any atom is -0.448 e. The minimum atomic E-state index is -2.75. The number of esters is 1. The second-order valence-corrected chi connectivity index (χ2v) is 25.3. The van der Waals surface area contributed by atoms with E-state index in [-0.39, 0.29) is 75.5 Å². The number of carbonyl (C=O) groups is 4. The summed E-state index contributed by atoms with van der Waals surface area (Å²) in [7, 11) is -1.35. The van der Waals surface area contributed by atoms with Gasteiger partial charge in [-0.05, 0) is 26.2 Å². The number of halogens is 4. The number of ether oxygens (including phenoxy) is 3. The maximum absolute atomic E-state index is 14.5. The van der Waals surface area contributed by atoms with E-state index in [1.807, 2.05) is 9.80 Å². The van der Waals surface area contributed by atoms with Crippen LogP contribution in [-0.2, 0) is 33.4 Å². The van der Waals surface area contributed by atoms with Crippen molar-refractivity contribution < 1.29 is 51.0 Å². The highest BCUT2D eigenvalue weighted by Gasteiger charge is 2.57.